The minimum absolute atomic E-state index is 0.105. The van der Waals surface area contributed by atoms with Gasteiger partial charge in [0, 0.05) is 31.3 Å². The van der Waals surface area contributed by atoms with Crippen LogP contribution in [0.3, 0.4) is 0 Å². The summed E-state index contributed by atoms with van der Waals surface area (Å²) in [6, 6.07) is 11.0. The van der Waals surface area contributed by atoms with Crippen LogP contribution in [0.25, 0.3) is 17.1 Å². The van der Waals surface area contributed by atoms with E-state index in [9.17, 15) is 19.7 Å². The number of hydrogen-bond donors (Lipinski definition) is 0. The average molecular weight is 438 g/mol. The topological polar surface area (TPSA) is 121 Å². The first-order chi connectivity index (χ1) is 15.5. The highest BCUT2D eigenvalue weighted by Gasteiger charge is 2.31. The Hall–Kier alpha value is -3.95. The molecule has 4 rings (SSSR count). The second-order valence-electron chi connectivity index (χ2n) is 7.40. The molecule has 0 unspecified atom stereocenters. The van der Waals surface area contributed by atoms with Gasteiger partial charge < -0.3 is 14.1 Å². The third-order valence-corrected chi connectivity index (χ3v) is 5.39. The molecule has 10 heteroatoms. The lowest BCUT2D eigenvalue weighted by Gasteiger charge is -2.30. The Balaban J connectivity index is 1.64. The van der Waals surface area contributed by atoms with Crippen LogP contribution in [0.2, 0.25) is 0 Å². The SMILES string of the molecule is CCOC(=O)C1CCN(C(=O)c2cc(-c3ccco3)nn2-c2cccc([N+](=O)[O-])c2)CC1. The van der Waals surface area contributed by atoms with E-state index >= 15 is 0 Å². The second kappa shape index (κ2) is 9.04. The van der Waals surface area contributed by atoms with E-state index in [-0.39, 0.29) is 29.2 Å². The largest absolute Gasteiger partial charge is 0.466 e. The molecule has 32 heavy (non-hydrogen) atoms. The molecule has 10 nitrogen and oxygen atoms in total. The van der Waals surface area contributed by atoms with Crippen LogP contribution >= 0.6 is 0 Å². The van der Waals surface area contributed by atoms with Crippen molar-refractivity contribution in [2.45, 2.75) is 19.8 Å². The minimum Gasteiger partial charge on any atom is -0.466 e. The molecule has 3 heterocycles. The van der Waals surface area contributed by atoms with Crippen molar-refractivity contribution in [3.63, 3.8) is 0 Å². The van der Waals surface area contributed by atoms with Crippen LogP contribution in [0.5, 0.6) is 0 Å². The van der Waals surface area contributed by atoms with Gasteiger partial charge >= 0.3 is 5.97 Å². The number of ether oxygens (including phenoxy) is 1. The molecular formula is C22H22N4O6. The van der Waals surface area contributed by atoms with Gasteiger partial charge in [0.15, 0.2) is 5.76 Å². The number of benzene rings is 1. The maximum absolute atomic E-state index is 13.4. The van der Waals surface area contributed by atoms with Crippen molar-refractivity contribution >= 4 is 17.6 Å². The molecule has 3 aromatic rings. The molecular weight excluding hydrogens is 416 g/mol. The van der Waals surface area contributed by atoms with Crippen LogP contribution in [-0.2, 0) is 9.53 Å². The van der Waals surface area contributed by atoms with E-state index in [0.29, 0.717) is 49.7 Å². The fourth-order valence-corrected chi connectivity index (χ4v) is 3.75. The third-order valence-electron chi connectivity index (χ3n) is 5.39. The molecule has 1 saturated heterocycles. The molecule has 1 amide bonds. The number of nitro benzene ring substituents is 1. The van der Waals surface area contributed by atoms with Crippen molar-refractivity contribution < 1.29 is 23.7 Å². The molecule has 1 aliphatic heterocycles. The predicted molar refractivity (Wildman–Crippen MR) is 113 cm³/mol. The number of furan rings is 1. The Morgan fingerprint density at radius 2 is 2.00 bits per heavy atom. The molecule has 166 valence electrons. The summed E-state index contributed by atoms with van der Waals surface area (Å²) in [5, 5.41) is 15.7. The van der Waals surface area contributed by atoms with Gasteiger partial charge in [-0.1, -0.05) is 6.07 Å². The van der Waals surface area contributed by atoms with Gasteiger partial charge in [0.1, 0.15) is 11.4 Å². The molecule has 1 fully saturated rings. The maximum Gasteiger partial charge on any atom is 0.309 e. The first kappa shape index (κ1) is 21.3. The van der Waals surface area contributed by atoms with Crippen molar-refractivity contribution in [1.29, 1.82) is 0 Å². The van der Waals surface area contributed by atoms with E-state index in [1.54, 1.807) is 42.2 Å². The summed E-state index contributed by atoms with van der Waals surface area (Å²) in [5.74, 6) is -0.255. The summed E-state index contributed by atoms with van der Waals surface area (Å²) >= 11 is 0. The zero-order valence-electron chi connectivity index (χ0n) is 17.5. The number of nitro groups is 1. The summed E-state index contributed by atoms with van der Waals surface area (Å²) < 4.78 is 11.9. The second-order valence-corrected chi connectivity index (χ2v) is 7.40. The first-order valence-electron chi connectivity index (χ1n) is 10.3. The lowest BCUT2D eigenvalue weighted by molar-refractivity contribution is -0.384. The van der Waals surface area contributed by atoms with Gasteiger partial charge in [0.2, 0.25) is 0 Å². The summed E-state index contributed by atoms with van der Waals surface area (Å²) in [6.45, 7) is 2.90. The van der Waals surface area contributed by atoms with E-state index in [1.807, 2.05) is 0 Å². The summed E-state index contributed by atoms with van der Waals surface area (Å²) in [4.78, 5) is 37.8. The number of amides is 1. The number of likely N-dealkylation sites (tertiary alicyclic amines) is 1. The normalized spacial score (nSPS) is 14.3. The van der Waals surface area contributed by atoms with E-state index in [2.05, 4.69) is 5.10 Å². The highest BCUT2D eigenvalue weighted by atomic mass is 16.6. The fourth-order valence-electron chi connectivity index (χ4n) is 3.75. The number of piperidine rings is 1. The monoisotopic (exact) mass is 438 g/mol. The quantitative estimate of drug-likeness (QED) is 0.328. The smallest absolute Gasteiger partial charge is 0.309 e. The molecule has 0 aliphatic carbocycles. The molecule has 1 aliphatic rings. The van der Waals surface area contributed by atoms with E-state index in [1.165, 1.54) is 23.1 Å². The van der Waals surface area contributed by atoms with E-state index < -0.39 is 4.92 Å². The number of hydrogen-bond acceptors (Lipinski definition) is 7. The van der Waals surface area contributed by atoms with Gasteiger partial charge in [0.25, 0.3) is 11.6 Å². The zero-order chi connectivity index (χ0) is 22.7. The molecule has 2 aromatic heterocycles. The Bertz CT molecular complexity index is 1130. The van der Waals surface area contributed by atoms with Crippen LogP contribution in [0, 0.1) is 16.0 Å². The Labute approximate surface area is 183 Å². The van der Waals surface area contributed by atoms with Gasteiger partial charge in [-0.05, 0) is 38.0 Å². The number of rotatable bonds is 6. The number of esters is 1. The molecule has 0 atom stereocenters. The highest BCUT2D eigenvalue weighted by molar-refractivity contribution is 5.94. The number of nitrogens with zero attached hydrogens (tertiary/aromatic N) is 4. The zero-order valence-corrected chi connectivity index (χ0v) is 17.5. The van der Waals surface area contributed by atoms with Gasteiger partial charge in [0.05, 0.1) is 29.4 Å². The van der Waals surface area contributed by atoms with Crippen LogP contribution < -0.4 is 0 Å². The highest BCUT2D eigenvalue weighted by Crippen LogP contribution is 2.26. The van der Waals surface area contributed by atoms with Crippen LogP contribution in [0.1, 0.15) is 30.3 Å². The van der Waals surface area contributed by atoms with Gasteiger partial charge in [-0.25, -0.2) is 4.68 Å². The molecule has 0 spiro atoms. The molecule has 0 saturated carbocycles. The van der Waals surface area contributed by atoms with Crippen molar-refractivity contribution in [1.82, 2.24) is 14.7 Å². The summed E-state index contributed by atoms with van der Waals surface area (Å²) in [7, 11) is 0. The predicted octanol–water partition coefficient (Wildman–Crippen LogP) is 3.46. The Morgan fingerprint density at radius 1 is 1.22 bits per heavy atom. The minimum atomic E-state index is -0.498. The lowest BCUT2D eigenvalue weighted by atomic mass is 9.97. The number of carbonyl (C=O) groups is 2. The van der Waals surface area contributed by atoms with Crippen molar-refractivity contribution in [2.24, 2.45) is 5.92 Å². The van der Waals surface area contributed by atoms with Gasteiger partial charge in [-0.15, -0.1) is 0 Å². The standard InChI is InChI=1S/C22H22N4O6/c1-2-31-22(28)15-8-10-24(11-9-15)21(27)19-14-18(20-7-4-12-32-20)23-25(19)16-5-3-6-17(13-16)26(29)30/h3-7,12-15H,2,8-11H2,1H3. The van der Waals surface area contributed by atoms with Crippen LogP contribution in [0.15, 0.2) is 53.1 Å². The maximum atomic E-state index is 13.4. The van der Waals surface area contributed by atoms with Crippen molar-refractivity contribution in [2.75, 3.05) is 19.7 Å². The van der Waals surface area contributed by atoms with Crippen LogP contribution in [-0.4, -0.2) is 51.2 Å². The molecule has 0 N–H and O–H groups in total. The van der Waals surface area contributed by atoms with Gasteiger partial charge in [-0.2, -0.15) is 5.10 Å². The van der Waals surface area contributed by atoms with E-state index in [0.717, 1.165) is 0 Å². The fraction of sp³-hybridized carbons (Fsp3) is 0.318. The van der Waals surface area contributed by atoms with Crippen molar-refractivity contribution in [3.05, 3.63) is 64.5 Å². The molecule has 0 radical (unpaired) electrons. The van der Waals surface area contributed by atoms with Crippen LogP contribution in [0.4, 0.5) is 5.69 Å². The molecule has 1 aromatic carbocycles. The first-order valence-corrected chi connectivity index (χ1v) is 10.3. The third kappa shape index (κ3) is 4.25. The molecule has 0 bridgehead atoms. The van der Waals surface area contributed by atoms with Crippen molar-refractivity contribution in [3.8, 4) is 17.1 Å². The average Bonchev–Trinajstić information content (AvgIpc) is 3.49. The number of carbonyl (C=O) groups excluding carboxylic acids is 2. The summed E-state index contributed by atoms with van der Waals surface area (Å²) in [5.41, 5.74) is 0.978. The van der Waals surface area contributed by atoms with Gasteiger partial charge in [-0.3, -0.25) is 19.7 Å². The summed E-state index contributed by atoms with van der Waals surface area (Å²) in [6.07, 6.45) is 2.53. The Kier molecular flexibility index (Phi) is 6.02. The van der Waals surface area contributed by atoms with E-state index in [4.69, 9.17) is 9.15 Å². The lowest BCUT2D eigenvalue weighted by Crippen LogP contribution is -2.41. The number of non-ortho nitro benzene ring substituents is 1. The Morgan fingerprint density at radius 3 is 2.66 bits per heavy atom. The number of aromatic nitrogens is 2.